The molecule has 5 rings (SSSR count). The monoisotopic (exact) mass is 373 g/mol. The molecular formula is C23H27N5. The van der Waals surface area contributed by atoms with Crippen LogP contribution in [0, 0.1) is 18.8 Å². The smallest absolute Gasteiger partial charge is 0.239 e. The molecule has 2 aromatic rings. The quantitative estimate of drug-likeness (QED) is 0.867. The van der Waals surface area contributed by atoms with E-state index in [4.69, 9.17) is 4.98 Å². The zero-order chi connectivity index (χ0) is 19.3. The lowest BCUT2D eigenvalue weighted by Crippen LogP contribution is -2.30. The van der Waals surface area contributed by atoms with Gasteiger partial charge in [-0.05, 0) is 43.2 Å². The summed E-state index contributed by atoms with van der Waals surface area (Å²) in [6.45, 7) is 8.62. The van der Waals surface area contributed by atoms with E-state index in [2.05, 4.69) is 64.2 Å². The van der Waals surface area contributed by atoms with E-state index in [1.54, 1.807) is 0 Å². The Bertz CT molecular complexity index is 934. The van der Waals surface area contributed by atoms with Crippen molar-refractivity contribution in [2.45, 2.75) is 26.2 Å². The van der Waals surface area contributed by atoms with E-state index in [1.807, 2.05) is 13.2 Å². The molecule has 5 heteroatoms. The summed E-state index contributed by atoms with van der Waals surface area (Å²) in [4.78, 5) is 11.5. The van der Waals surface area contributed by atoms with Crippen molar-refractivity contribution in [1.29, 1.82) is 0 Å². The van der Waals surface area contributed by atoms with Crippen LogP contribution in [-0.4, -0.2) is 35.1 Å². The largest absolute Gasteiger partial charge is 0.329 e. The van der Waals surface area contributed by atoms with Crippen molar-refractivity contribution in [2.24, 2.45) is 11.8 Å². The molecule has 1 N–H and O–H groups in total. The van der Waals surface area contributed by atoms with Gasteiger partial charge in [-0.1, -0.05) is 42.8 Å². The molecule has 2 unspecified atom stereocenters. The van der Waals surface area contributed by atoms with Gasteiger partial charge in [0.2, 0.25) is 5.95 Å². The molecule has 28 heavy (non-hydrogen) atoms. The van der Waals surface area contributed by atoms with Crippen LogP contribution in [-0.2, 0) is 0 Å². The third-order valence-electron chi connectivity index (χ3n) is 6.48. The maximum Gasteiger partial charge on any atom is 0.239 e. The second-order valence-corrected chi connectivity index (χ2v) is 8.37. The minimum Gasteiger partial charge on any atom is -0.329 e. The lowest BCUT2D eigenvalue weighted by Gasteiger charge is -2.29. The Labute approximate surface area is 166 Å². The third kappa shape index (κ3) is 3.00. The molecular weight excluding hydrogens is 346 g/mol. The first-order chi connectivity index (χ1) is 13.6. The van der Waals surface area contributed by atoms with Gasteiger partial charge in [0.15, 0.2) is 0 Å². The summed E-state index contributed by atoms with van der Waals surface area (Å²) in [5, 5.41) is 2.29. The zero-order valence-corrected chi connectivity index (χ0v) is 16.7. The fourth-order valence-corrected chi connectivity index (χ4v) is 4.80. The Kier molecular flexibility index (Phi) is 4.20. The van der Waals surface area contributed by atoms with Crippen LogP contribution in [0.5, 0.6) is 0 Å². The normalized spacial score (nSPS) is 24.1. The number of nitrogens with zero attached hydrogens (tertiary/aromatic N) is 4. The van der Waals surface area contributed by atoms with E-state index >= 15 is 0 Å². The fraction of sp³-hybridized carbons (Fsp3) is 0.391. The first kappa shape index (κ1) is 17.4. The second kappa shape index (κ2) is 6.74. The van der Waals surface area contributed by atoms with Crippen LogP contribution in [0.15, 0.2) is 42.7 Å². The highest BCUT2D eigenvalue weighted by atomic mass is 15.5. The van der Waals surface area contributed by atoms with E-state index in [-0.39, 0.29) is 0 Å². The number of aromatic nitrogens is 2. The topological polar surface area (TPSA) is 44.3 Å². The predicted molar refractivity (Wildman–Crippen MR) is 115 cm³/mol. The molecule has 1 aliphatic carbocycles. The lowest BCUT2D eigenvalue weighted by atomic mass is 9.96. The number of hydrogen-bond acceptors (Lipinski definition) is 5. The van der Waals surface area contributed by atoms with Crippen LogP contribution in [0.1, 0.15) is 36.0 Å². The maximum absolute atomic E-state index is 4.80. The summed E-state index contributed by atoms with van der Waals surface area (Å²) in [7, 11) is 2.03. The number of benzene rings is 1. The zero-order valence-electron chi connectivity index (χ0n) is 16.7. The first-order valence-electron chi connectivity index (χ1n) is 10.2. The van der Waals surface area contributed by atoms with Crippen LogP contribution >= 0.6 is 0 Å². The van der Waals surface area contributed by atoms with Crippen molar-refractivity contribution >= 4 is 23.4 Å². The van der Waals surface area contributed by atoms with Gasteiger partial charge >= 0.3 is 0 Å². The highest BCUT2D eigenvalue weighted by Crippen LogP contribution is 2.39. The van der Waals surface area contributed by atoms with Gasteiger partial charge in [-0.3, -0.25) is 5.43 Å². The van der Waals surface area contributed by atoms with Crippen LogP contribution < -0.4 is 10.3 Å². The van der Waals surface area contributed by atoms with Gasteiger partial charge in [0, 0.05) is 43.2 Å². The van der Waals surface area contributed by atoms with E-state index in [9.17, 15) is 0 Å². The molecule has 3 aliphatic rings. The molecule has 0 bridgehead atoms. The lowest BCUT2D eigenvalue weighted by molar-refractivity contribution is 0.369. The summed E-state index contributed by atoms with van der Waals surface area (Å²) in [6, 6.07) is 8.56. The Morgan fingerprint density at radius 1 is 1.11 bits per heavy atom. The summed E-state index contributed by atoms with van der Waals surface area (Å²) in [5.74, 6) is 3.25. The Morgan fingerprint density at radius 2 is 1.82 bits per heavy atom. The van der Waals surface area contributed by atoms with Crippen molar-refractivity contribution < 1.29 is 0 Å². The molecule has 144 valence electrons. The molecule has 2 aliphatic heterocycles. The number of fused-ring (bicyclic) bond motifs is 2. The van der Waals surface area contributed by atoms with Gasteiger partial charge in [0.05, 0.1) is 0 Å². The molecule has 1 saturated carbocycles. The van der Waals surface area contributed by atoms with Gasteiger partial charge in [0.1, 0.15) is 5.82 Å². The van der Waals surface area contributed by atoms with Gasteiger partial charge in [-0.2, -0.15) is 4.98 Å². The maximum atomic E-state index is 4.80. The Hall–Kier alpha value is -2.66. The number of likely N-dealkylation sites (N-methyl/N-ethyl adjacent to an activating group) is 1. The molecule has 0 radical (unpaired) electrons. The first-order valence-corrected chi connectivity index (χ1v) is 10.2. The predicted octanol–water partition coefficient (Wildman–Crippen LogP) is 4.35. The van der Waals surface area contributed by atoms with Gasteiger partial charge in [-0.15, -0.1) is 0 Å². The average molecular weight is 374 g/mol. The van der Waals surface area contributed by atoms with Crippen molar-refractivity contribution in [2.75, 3.05) is 30.5 Å². The molecule has 1 aromatic heterocycles. The van der Waals surface area contributed by atoms with Gasteiger partial charge in [-0.25, -0.2) is 9.99 Å². The number of hydrogen-bond donors (Lipinski definition) is 1. The molecule has 3 heterocycles. The van der Waals surface area contributed by atoms with Crippen molar-refractivity contribution in [3.05, 3.63) is 59.4 Å². The summed E-state index contributed by atoms with van der Waals surface area (Å²) >= 11 is 0. The number of rotatable bonds is 3. The highest BCUT2D eigenvalue weighted by Gasteiger charge is 2.36. The minimum absolute atomic E-state index is 0.672. The fourth-order valence-electron chi connectivity index (χ4n) is 4.80. The molecule has 0 amide bonds. The van der Waals surface area contributed by atoms with Crippen LogP contribution in [0.25, 0.3) is 11.6 Å². The molecule has 0 spiro atoms. The summed E-state index contributed by atoms with van der Waals surface area (Å²) in [6.07, 6.45) is 8.18. The van der Waals surface area contributed by atoms with Crippen LogP contribution in [0.4, 0.5) is 11.8 Å². The molecule has 1 saturated heterocycles. The molecule has 5 nitrogen and oxygen atoms in total. The summed E-state index contributed by atoms with van der Waals surface area (Å²) in [5.41, 5.74) is 8.95. The third-order valence-corrected chi connectivity index (χ3v) is 6.48. The molecule has 2 fully saturated rings. The highest BCUT2D eigenvalue weighted by molar-refractivity contribution is 5.98. The number of allylic oxidation sites excluding steroid dienone is 1. The van der Waals surface area contributed by atoms with Crippen LogP contribution in [0.2, 0.25) is 0 Å². The number of nitrogens with one attached hydrogen (secondary N) is 1. The van der Waals surface area contributed by atoms with Crippen LogP contribution in [0.3, 0.4) is 0 Å². The SMILES string of the molecule is C=C1C(c2ccc(C)cc2)=Cc2cnc(NN3CC4CCCC4C3)nc2N1C. The van der Waals surface area contributed by atoms with Gasteiger partial charge < -0.3 is 4.90 Å². The minimum atomic E-state index is 0.672. The molecule has 2 atom stereocenters. The van der Waals surface area contributed by atoms with E-state index in [0.717, 1.165) is 47.6 Å². The number of hydrazine groups is 1. The average Bonchev–Trinajstić information content (AvgIpc) is 3.27. The Morgan fingerprint density at radius 3 is 2.54 bits per heavy atom. The van der Waals surface area contributed by atoms with Gasteiger partial charge in [0.25, 0.3) is 0 Å². The Balaban J connectivity index is 1.40. The van der Waals surface area contributed by atoms with Crippen molar-refractivity contribution in [3.8, 4) is 0 Å². The van der Waals surface area contributed by atoms with E-state index < -0.39 is 0 Å². The number of aryl methyl sites for hydroxylation is 1. The van der Waals surface area contributed by atoms with Crippen molar-refractivity contribution in [3.63, 3.8) is 0 Å². The summed E-state index contributed by atoms with van der Waals surface area (Å²) < 4.78 is 0. The molecule has 1 aromatic carbocycles. The van der Waals surface area contributed by atoms with Crippen molar-refractivity contribution in [1.82, 2.24) is 15.0 Å². The van der Waals surface area contributed by atoms with E-state index in [0.29, 0.717) is 5.95 Å². The second-order valence-electron chi connectivity index (χ2n) is 8.37. The van der Waals surface area contributed by atoms with E-state index in [1.165, 1.54) is 30.4 Å². The standard InChI is InChI=1S/C23H27N5/c1-15-7-9-17(10-8-15)21-11-20-12-24-23(25-22(20)27(3)16(21)2)26-28-13-18-5-4-6-19(18)14-28/h7-12,18-19H,2,4-6,13-14H2,1,3H3,(H,24,25,26). The number of anilines is 2.